The van der Waals surface area contributed by atoms with E-state index in [4.69, 9.17) is 0 Å². The van der Waals surface area contributed by atoms with Gasteiger partial charge in [0.1, 0.15) is 0 Å². The van der Waals surface area contributed by atoms with Crippen LogP contribution in [0.3, 0.4) is 0 Å². The fourth-order valence-corrected chi connectivity index (χ4v) is 4.33. The first-order valence-corrected chi connectivity index (χ1v) is 6.76. The monoisotopic (exact) mass is 214 g/mol. The molecule has 1 heterocycles. The van der Waals surface area contributed by atoms with Crippen molar-refractivity contribution < 1.29 is 0 Å². The molecule has 5 atom stereocenters. The second-order valence-electron chi connectivity index (χ2n) is 5.10. The van der Waals surface area contributed by atoms with Gasteiger partial charge in [-0.25, -0.2) is 0 Å². The van der Waals surface area contributed by atoms with Crippen molar-refractivity contribution in [3.05, 3.63) is 40.6 Å². The lowest BCUT2D eigenvalue weighted by Crippen LogP contribution is -1.96. The van der Waals surface area contributed by atoms with Crippen molar-refractivity contribution in [1.82, 2.24) is 0 Å². The van der Waals surface area contributed by atoms with Crippen LogP contribution in [0.4, 0.5) is 0 Å². The van der Waals surface area contributed by atoms with Crippen LogP contribution in [0.25, 0.3) is 6.08 Å². The second kappa shape index (κ2) is 2.85. The van der Waals surface area contributed by atoms with Gasteiger partial charge in [0.05, 0.1) is 0 Å². The summed E-state index contributed by atoms with van der Waals surface area (Å²) in [5.74, 6) is 4.77. The number of hydrogen-bond acceptors (Lipinski definition) is 1. The molecule has 3 aliphatic carbocycles. The Bertz CT molecular complexity index is 408. The maximum Gasteiger partial charge on any atom is -0.00209 e. The summed E-state index contributed by atoms with van der Waals surface area (Å²) in [5.41, 5.74) is 1.38. The van der Waals surface area contributed by atoms with E-state index in [0.29, 0.717) is 0 Å². The first-order chi connectivity index (χ1) is 7.43. The molecule has 0 nitrogen and oxygen atoms in total. The summed E-state index contributed by atoms with van der Waals surface area (Å²) in [6.45, 7) is 0. The Morgan fingerprint density at radius 3 is 2.67 bits per heavy atom. The van der Waals surface area contributed by atoms with E-state index in [2.05, 4.69) is 41.1 Å². The second-order valence-corrected chi connectivity index (χ2v) is 5.88. The molecule has 15 heavy (non-hydrogen) atoms. The van der Waals surface area contributed by atoms with E-state index in [1.165, 1.54) is 12.0 Å². The standard InChI is InChI=1S/C14H14S/c1(9-5-6-15-8-9)4-12-13-10-2-3-11(7-10)14(12)13/h1-6,8,10-14H,7H2/b4-1+/t10-,11+,12?,13-,14+. The summed E-state index contributed by atoms with van der Waals surface area (Å²) in [6, 6.07) is 2.20. The Balaban J connectivity index is 1.51. The maximum atomic E-state index is 2.46. The summed E-state index contributed by atoms with van der Waals surface area (Å²) in [5, 5.41) is 4.38. The van der Waals surface area contributed by atoms with E-state index < -0.39 is 0 Å². The van der Waals surface area contributed by atoms with Crippen molar-refractivity contribution >= 4 is 17.4 Å². The van der Waals surface area contributed by atoms with Crippen LogP contribution < -0.4 is 0 Å². The van der Waals surface area contributed by atoms with Crippen LogP contribution in [0.15, 0.2) is 35.1 Å². The topological polar surface area (TPSA) is 0 Å². The zero-order valence-corrected chi connectivity index (χ0v) is 9.36. The number of rotatable bonds is 2. The third kappa shape index (κ3) is 1.13. The molecule has 1 heteroatoms. The summed E-state index contributed by atoms with van der Waals surface area (Å²) in [7, 11) is 0. The third-order valence-corrected chi connectivity index (χ3v) is 5.09. The lowest BCUT2D eigenvalue weighted by molar-refractivity contribution is 0.530. The van der Waals surface area contributed by atoms with Gasteiger partial charge >= 0.3 is 0 Å². The van der Waals surface area contributed by atoms with Crippen LogP contribution in [-0.4, -0.2) is 0 Å². The zero-order valence-electron chi connectivity index (χ0n) is 8.54. The molecule has 76 valence electrons. The predicted octanol–water partition coefficient (Wildman–Crippen LogP) is 3.83. The van der Waals surface area contributed by atoms with Crippen molar-refractivity contribution in [1.29, 1.82) is 0 Å². The maximum absolute atomic E-state index is 2.46. The van der Waals surface area contributed by atoms with Crippen LogP contribution in [-0.2, 0) is 0 Å². The molecule has 2 fully saturated rings. The van der Waals surface area contributed by atoms with Crippen LogP contribution in [0.2, 0.25) is 0 Å². The van der Waals surface area contributed by atoms with Crippen molar-refractivity contribution in [3.63, 3.8) is 0 Å². The molecule has 1 aromatic heterocycles. The highest BCUT2D eigenvalue weighted by atomic mass is 32.1. The molecule has 0 saturated heterocycles. The molecule has 0 aliphatic heterocycles. The normalized spacial score (nSPS) is 45.2. The van der Waals surface area contributed by atoms with Crippen LogP contribution >= 0.6 is 11.3 Å². The summed E-state index contributed by atoms with van der Waals surface area (Å²) >= 11 is 1.78. The minimum absolute atomic E-state index is 0.892. The van der Waals surface area contributed by atoms with Gasteiger partial charge in [0.15, 0.2) is 0 Å². The fraction of sp³-hybridized carbons (Fsp3) is 0.429. The minimum atomic E-state index is 0.892. The third-order valence-electron chi connectivity index (χ3n) is 4.39. The molecular formula is C14H14S. The lowest BCUT2D eigenvalue weighted by Gasteiger charge is -2.04. The number of hydrogen-bond donors (Lipinski definition) is 0. The molecule has 3 aliphatic rings. The average molecular weight is 214 g/mol. The SMILES string of the molecule is C1=C[C@H]2C[C@@H]1[C@@H]1C(/C=C/c3ccsc3)[C@@H]12. The highest BCUT2D eigenvalue weighted by Crippen LogP contribution is 2.67. The Morgan fingerprint density at radius 1 is 1.20 bits per heavy atom. The first kappa shape index (κ1) is 8.35. The van der Waals surface area contributed by atoms with Gasteiger partial charge in [0, 0.05) is 0 Å². The van der Waals surface area contributed by atoms with E-state index in [1.54, 1.807) is 11.3 Å². The van der Waals surface area contributed by atoms with Crippen LogP contribution in [0.1, 0.15) is 12.0 Å². The quantitative estimate of drug-likeness (QED) is 0.656. The smallest absolute Gasteiger partial charge is 0.00209 e. The van der Waals surface area contributed by atoms with Gasteiger partial charge in [0.2, 0.25) is 0 Å². The number of fused-ring (bicyclic) bond motifs is 5. The molecule has 1 aromatic rings. The van der Waals surface area contributed by atoms with Crippen molar-refractivity contribution in [2.75, 3.05) is 0 Å². The van der Waals surface area contributed by atoms with Crippen LogP contribution in [0, 0.1) is 29.6 Å². The van der Waals surface area contributed by atoms with Gasteiger partial charge in [-0.15, -0.1) is 0 Å². The molecule has 0 aromatic carbocycles. The molecule has 2 saturated carbocycles. The first-order valence-electron chi connectivity index (χ1n) is 5.82. The van der Waals surface area contributed by atoms with Crippen molar-refractivity contribution in [2.45, 2.75) is 6.42 Å². The van der Waals surface area contributed by atoms with Crippen molar-refractivity contribution in [2.24, 2.45) is 29.6 Å². The van der Waals surface area contributed by atoms with Gasteiger partial charge in [-0.1, -0.05) is 24.3 Å². The highest BCUT2D eigenvalue weighted by Gasteiger charge is 2.61. The van der Waals surface area contributed by atoms with E-state index in [0.717, 1.165) is 29.6 Å². The molecular weight excluding hydrogens is 200 g/mol. The van der Waals surface area contributed by atoms with E-state index >= 15 is 0 Å². The Hall–Kier alpha value is -0.820. The highest BCUT2D eigenvalue weighted by molar-refractivity contribution is 7.08. The molecule has 1 unspecified atom stereocenters. The predicted molar refractivity (Wildman–Crippen MR) is 64.6 cm³/mol. The average Bonchev–Trinajstić information content (AvgIpc) is 2.72. The molecule has 0 amide bonds. The van der Waals surface area contributed by atoms with Gasteiger partial charge in [0.25, 0.3) is 0 Å². The van der Waals surface area contributed by atoms with E-state index in [-0.39, 0.29) is 0 Å². The molecule has 0 N–H and O–H groups in total. The van der Waals surface area contributed by atoms with Crippen LogP contribution in [0.5, 0.6) is 0 Å². The number of thiophene rings is 1. The molecule has 2 bridgehead atoms. The Morgan fingerprint density at radius 2 is 2.00 bits per heavy atom. The van der Waals surface area contributed by atoms with E-state index in [1.807, 2.05) is 0 Å². The zero-order chi connectivity index (χ0) is 9.83. The van der Waals surface area contributed by atoms with Gasteiger partial charge < -0.3 is 0 Å². The van der Waals surface area contributed by atoms with E-state index in [9.17, 15) is 0 Å². The summed E-state index contributed by atoms with van der Waals surface area (Å²) in [6.07, 6.45) is 11.2. The molecule has 0 radical (unpaired) electrons. The van der Waals surface area contributed by atoms with Gasteiger partial charge in [-0.05, 0) is 58.4 Å². The minimum Gasteiger partial charge on any atom is -0.152 e. The van der Waals surface area contributed by atoms with Gasteiger partial charge in [-0.3, -0.25) is 0 Å². The largest absolute Gasteiger partial charge is 0.152 e. The number of allylic oxidation sites excluding steroid dienone is 3. The molecule has 0 spiro atoms. The lowest BCUT2D eigenvalue weighted by atomic mass is 10.0. The van der Waals surface area contributed by atoms with Crippen molar-refractivity contribution in [3.8, 4) is 0 Å². The summed E-state index contributed by atoms with van der Waals surface area (Å²) in [4.78, 5) is 0. The fourth-order valence-electron chi connectivity index (χ4n) is 3.70. The molecule has 4 rings (SSSR count). The Labute approximate surface area is 94.3 Å². The van der Waals surface area contributed by atoms with Gasteiger partial charge in [-0.2, -0.15) is 11.3 Å². The Kier molecular flexibility index (Phi) is 1.59. The summed E-state index contributed by atoms with van der Waals surface area (Å²) < 4.78 is 0.